The summed E-state index contributed by atoms with van der Waals surface area (Å²) in [5.41, 5.74) is 4.55. The molecule has 0 aliphatic rings. The first-order chi connectivity index (χ1) is 14.9. The first-order valence-corrected chi connectivity index (χ1v) is 11.0. The molecule has 1 amide bonds. The molecule has 0 aliphatic heterocycles. The molecule has 2 atom stereocenters. The number of nitrogens with one attached hydrogen (secondary N) is 2. The van der Waals surface area contributed by atoms with Gasteiger partial charge in [-0.25, -0.2) is 0 Å². The lowest BCUT2D eigenvalue weighted by Crippen LogP contribution is -2.36. The van der Waals surface area contributed by atoms with Crippen LogP contribution in [0.1, 0.15) is 56.7 Å². The average molecular weight is 423 g/mol. The lowest BCUT2D eigenvalue weighted by Gasteiger charge is -2.22. The van der Waals surface area contributed by atoms with Crippen molar-refractivity contribution in [2.45, 2.75) is 52.5 Å². The normalized spacial score (nSPS) is 13.3. The Hall–Kier alpha value is -2.95. The molecular weight excluding hydrogens is 388 g/mol. The van der Waals surface area contributed by atoms with Crippen LogP contribution < -0.4 is 14.8 Å². The van der Waals surface area contributed by atoms with Crippen LogP contribution in [-0.4, -0.2) is 31.2 Å². The molecular formula is C26H34N2O3. The summed E-state index contributed by atoms with van der Waals surface area (Å²) in [6.45, 7) is 8.43. The van der Waals surface area contributed by atoms with E-state index in [2.05, 4.69) is 49.3 Å². The van der Waals surface area contributed by atoms with E-state index >= 15 is 0 Å². The molecule has 0 bridgehead atoms. The molecule has 0 aliphatic carbocycles. The van der Waals surface area contributed by atoms with Crippen LogP contribution in [-0.2, 0) is 11.2 Å². The van der Waals surface area contributed by atoms with Crippen LogP contribution in [0.5, 0.6) is 11.5 Å². The molecule has 3 aromatic rings. The number of rotatable bonds is 9. The second kappa shape index (κ2) is 9.90. The highest BCUT2D eigenvalue weighted by Crippen LogP contribution is 2.38. The smallest absolute Gasteiger partial charge is 0.221 e. The fourth-order valence-corrected chi connectivity index (χ4v) is 3.96. The summed E-state index contributed by atoms with van der Waals surface area (Å²) in [5.74, 6) is 1.65. The Morgan fingerprint density at radius 3 is 2.45 bits per heavy atom. The molecule has 1 aromatic heterocycles. The standard InChI is InChI=1S/C26H34N2O3/c1-7-18-9-8-10-20-22(15-27-26(18)20)21(14-25(29)28-17(4)16(2)3)19-11-12-23(30-5)24(13-19)31-6/h8-13,15-17,21,27H,7,14H2,1-6H3,(H,28,29)/t17-,21+/m0/s1. The SMILES string of the molecule is CCc1cccc2c([C@H](CC(=O)N[C@@H](C)C(C)C)c3ccc(OC)c(OC)c3)c[nH]c12. The fraction of sp³-hybridized carbons (Fsp3) is 0.423. The minimum Gasteiger partial charge on any atom is -0.493 e. The minimum atomic E-state index is -0.111. The fourth-order valence-electron chi connectivity index (χ4n) is 3.96. The highest BCUT2D eigenvalue weighted by Gasteiger charge is 2.24. The molecule has 0 fully saturated rings. The van der Waals surface area contributed by atoms with Crippen LogP contribution in [0.3, 0.4) is 0 Å². The second-order valence-corrected chi connectivity index (χ2v) is 8.41. The van der Waals surface area contributed by atoms with Gasteiger partial charge in [0.2, 0.25) is 5.91 Å². The molecule has 0 saturated heterocycles. The van der Waals surface area contributed by atoms with Gasteiger partial charge in [0, 0.05) is 35.5 Å². The van der Waals surface area contributed by atoms with Crippen molar-refractivity contribution in [3.05, 3.63) is 59.3 Å². The van der Waals surface area contributed by atoms with E-state index in [1.807, 2.05) is 31.3 Å². The van der Waals surface area contributed by atoms with E-state index in [0.29, 0.717) is 23.8 Å². The number of hydrogen-bond acceptors (Lipinski definition) is 3. The van der Waals surface area contributed by atoms with Gasteiger partial charge in [-0.2, -0.15) is 0 Å². The quantitative estimate of drug-likeness (QED) is 0.483. The Morgan fingerprint density at radius 1 is 1.06 bits per heavy atom. The summed E-state index contributed by atoms with van der Waals surface area (Å²) in [6.07, 6.45) is 3.35. The summed E-state index contributed by atoms with van der Waals surface area (Å²) < 4.78 is 10.9. The Morgan fingerprint density at radius 2 is 1.81 bits per heavy atom. The minimum absolute atomic E-state index is 0.0435. The van der Waals surface area contributed by atoms with E-state index in [1.54, 1.807) is 14.2 Å². The third-order valence-electron chi connectivity index (χ3n) is 6.18. The van der Waals surface area contributed by atoms with Gasteiger partial charge in [-0.3, -0.25) is 4.79 Å². The summed E-state index contributed by atoms with van der Waals surface area (Å²) in [4.78, 5) is 16.5. The van der Waals surface area contributed by atoms with Crippen molar-refractivity contribution in [2.24, 2.45) is 5.92 Å². The van der Waals surface area contributed by atoms with Gasteiger partial charge in [-0.15, -0.1) is 0 Å². The topological polar surface area (TPSA) is 63.4 Å². The molecule has 166 valence electrons. The number of hydrogen-bond donors (Lipinski definition) is 2. The third kappa shape index (κ3) is 4.87. The lowest BCUT2D eigenvalue weighted by atomic mass is 9.87. The van der Waals surface area contributed by atoms with Crippen molar-refractivity contribution in [3.8, 4) is 11.5 Å². The van der Waals surface area contributed by atoms with Crippen molar-refractivity contribution >= 4 is 16.8 Å². The van der Waals surface area contributed by atoms with E-state index in [9.17, 15) is 4.79 Å². The summed E-state index contributed by atoms with van der Waals surface area (Å²) >= 11 is 0. The van der Waals surface area contributed by atoms with Gasteiger partial charge in [0.1, 0.15) is 0 Å². The van der Waals surface area contributed by atoms with E-state index < -0.39 is 0 Å². The van der Waals surface area contributed by atoms with Crippen molar-refractivity contribution in [1.29, 1.82) is 0 Å². The first kappa shape index (κ1) is 22.7. The average Bonchev–Trinajstić information content (AvgIpc) is 3.20. The maximum absolute atomic E-state index is 13.0. The van der Waals surface area contributed by atoms with Crippen molar-refractivity contribution < 1.29 is 14.3 Å². The van der Waals surface area contributed by atoms with Gasteiger partial charge in [-0.1, -0.05) is 45.0 Å². The maximum Gasteiger partial charge on any atom is 0.221 e. The van der Waals surface area contributed by atoms with Crippen LogP contribution in [0.15, 0.2) is 42.6 Å². The highest BCUT2D eigenvalue weighted by atomic mass is 16.5. The van der Waals surface area contributed by atoms with Gasteiger partial charge < -0.3 is 19.8 Å². The Kier molecular flexibility index (Phi) is 7.26. The van der Waals surface area contributed by atoms with Crippen LogP contribution in [0.2, 0.25) is 0 Å². The van der Waals surface area contributed by atoms with Gasteiger partial charge in [0.25, 0.3) is 0 Å². The number of fused-ring (bicyclic) bond motifs is 1. The lowest BCUT2D eigenvalue weighted by molar-refractivity contribution is -0.122. The van der Waals surface area contributed by atoms with Crippen LogP contribution in [0.4, 0.5) is 0 Å². The molecule has 0 spiro atoms. The molecule has 0 unspecified atom stereocenters. The van der Waals surface area contributed by atoms with Crippen molar-refractivity contribution in [2.75, 3.05) is 14.2 Å². The third-order valence-corrected chi connectivity index (χ3v) is 6.18. The van der Waals surface area contributed by atoms with Gasteiger partial charge >= 0.3 is 0 Å². The molecule has 3 rings (SSSR count). The second-order valence-electron chi connectivity index (χ2n) is 8.41. The number of aromatic nitrogens is 1. The number of methoxy groups -OCH3 is 2. The molecule has 0 radical (unpaired) electrons. The predicted molar refractivity (Wildman–Crippen MR) is 126 cm³/mol. The van der Waals surface area contributed by atoms with Crippen LogP contribution in [0, 0.1) is 5.92 Å². The van der Waals surface area contributed by atoms with Crippen LogP contribution >= 0.6 is 0 Å². The number of aromatic amines is 1. The summed E-state index contributed by atoms with van der Waals surface area (Å²) in [7, 11) is 3.26. The Labute approximate surface area is 185 Å². The molecule has 0 saturated carbocycles. The number of amides is 1. The van der Waals surface area contributed by atoms with E-state index in [-0.39, 0.29) is 17.9 Å². The Balaban J connectivity index is 2.06. The largest absolute Gasteiger partial charge is 0.493 e. The molecule has 2 aromatic carbocycles. The number of para-hydroxylation sites is 1. The molecule has 31 heavy (non-hydrogen) atoms. The zero-order valence-corrected chi connectivity index (χ0v) is 19.4. The van der Waals surface area contributed by atoms with E-state index in [1.165, 1.54) is 5.56 Å². The van der Waals surface area contributed by atoms with Crippen LogP contribution in [0.25, 0.3) is 10.9 Å². The summed E-state index contributed by atoms with van der Waals surface area (Å²) in [5, 5.41) is 4.31. The zero-order chi connectivity index (χ0) is 22.5. The first-order valence-electron chi connectivity index (χ1n) is 11.0. The number of aryl methyl sites for hydroxylation is 1. The van der Waals surface area contributed by atoms with Gasteiger partial charge in [-0.05, 0) is 48.1 Å². The van der Waals surface area contributed by atoms with Gasteiger partial charge in [0.15, 0.2) is 11.5 Å². The molecule has 5 nitrogen and oxygen atoms in total. The monoisotopic (exact) mass is 422 g/mol. The number of carbonyl (C=O) groups is 1. The number of H-pyrrole nitrogens is 1. The zero-order valence-electron chi connectivity index (χ0n) is 19.4. The van der Waals surface area contributed by atoms with Crippen molar-refractivity contribution in [3.63, 3.8) is 0 Å². The molecule has 5 heteroatoms. The van der Waals surface area contributed by atoms with E-state index in [0.717, 1.165) is 28.5 Å². The van der Waals surface area contributed by atoms with Crippen molar-refractivity contribution in [1.82, 2.24) is 10.3 Å². The van der Waals surface area contributed by atoms with E-state index in [4.69, 9.17) is 9.47 Å². The Bertz CT molecular complexity index is 1040. The summed E-state index contributed by atoms with van der Waals surface area (Å²) in [6, 6.07) is 12.4. The number of carbonyl (C=O) groups excluding carboxylic acids is 1. The maximum atomic E-state index is 13.0. The highest BCUT2D eigenvalue weighted by molar-refractivity contribution is 5.88. The van der Waals surface area contributed by atoms with Gasteiger partial charge in [0.05, 0.1) is 14.2 Å². The number of ether oxygens (including phenoxy) is 2. The molecule has 2 N–H and O–H groups in total. The molecule has 1 heterocycles. The number of benzene rings is 2. The predicted octanol–water partition coefficient (Wildman–Crippen LogP) is 5.43.